The second kappa shape index (κ2) is 7.07. The van der Waals surface area contributed by atoms with Crippen LogP contribution in [0.5, 0.6) is 0 Å². The van der Waals surface area contributed by atoms with Gasteiger partial charge in [0.25, 0.3) is 5.91 Å². The third kappa shape index (κ3) is 4.36. The van der Waals surface area contributed by atoms with Gasteiger partial charge in [-0.3, -0.25) is 4.79 Å². The van der Waals surface area contributed by atoms with Crippen LogP contribution < -0.4 is 10.7 Å². The largest absolute Gasteiger partial charge is 0.376 e. The van der Waals surface area contributed by atoms with Gasteiger partial charge in [-0.1, -0.05) is 17.7 Å². The van der Waals surface area contributed by atoms with Crippen LogP contribution in [0.1, 0.15) is 10.4 Å². The second-order valence-corrected chi connectivity index (χ2v) is 5.54. The minimum atomic E-state index is -0.202. The molecule has 1 amide bonds. The molecular weight excluding hydrogens is 294 g/mol. The Morgan fingerprint density at radius 3 is 3.00 bits per heavy atom. The zero-order chi connectivity index (χ0) is 14.4. The smallest absolute Gasteiger partial charge is 0.259 e. The molecule has 0 atom stereocenters. The predicted molar refractivity (Wildman–Crippen MR) is 84.7 cm³/mol. The highest BCUT2D eigenvalue weighted by atomic mass is 35.5. The number of rotatable bonds is 5. The first-order chi connectivity index (χ1) is 9.65. The molecule has 0 radical (unpaired) electrons. The molecule has 0 spiro atoms. The highest BCUT2D eigenvalue weighted by Crippen LogP contribution is 2.19. The minimum absolute atomic E-state index is 0.157. The van der Waals surface area contributed by atoms with Crippen molar-refractivity contribution in [2.45, 2.75) is 6.92 Å². The lowest BCUT2D eigenvalue weighted by atomic mass is 10.2. The Morgan fingerprint density at radius 1 is 1.45 bits per heavy atom. The summed E-state index contributed by atoms with van der Waals surface area (Å²) in [6.45, 7) is 2.09. The summed E-state index contributed by atoms with van der Waals surface area (Å²) in [5.41, 5.74) is 4.34. The van der Waals surface area contributed by atoms with Crippen molar-refractivity contribution in [3.8, 4) is 0 Å². The predicted octanol–water partition coefficient (Wildman–Crippen LogP) is 3.27. The van der Waals surface area contributed by atoms with Crippen LogP contribution in [0.2, 0.25) is 5.02 Å². The Bertz CT molecular complexity index is 611. The fraction of sp³-hybridized carbons (Fsp3) is 0.143. The van der Waals surface area contributed by atoms with Crippen molar-refractivity contribution in [1.29, 1.82) is 0 Å². The van der Waals surface area contributed by atoms with Gasteiger partial charge < -0.3 is 5.32 Å². The average molecular weight is 308 g/mol. The molecule has 20 heavy (non-hydrogen) atoms. The number of nitrogens with one attached hydrogen (secondary N) is 2. The Morgan fingerprint density at radius 2 is 2.30 bits per heavy atom. The van der Waals surface area contributed by atoms with Crippen LogP contribution in [0.15, 0.2) is 40.8 Å². The zero-order valence-corrected chi connectivity index (χ0v) is 12.5. The van der Waals surface area contributed by atoms with Gasteiger partial charge in [-0.15, -0.1) is 11.3 Å². The van der Waals surface area contributed by atoms with Crippen molar-refractivity contribution in [3.63, 3.8) is 0 Å². The van der Waals surface area contributed by atoms with Crippen LogP contribution in [-0.4, -0.2) is 18.7 Å². The number of thiophene rings is 1. The molecule has 4 nitrogen and oxygen atoms in total. The number of carbonyl (C=O) groups is 1. The zero-order valence-electron chi connectivity index (χ0n) is 10.9. The van der Waals surface area contributed by atoms with Crippen molar-refractivity contribution in [2.75, 3.05) is 11.9 Å². The lowest BCUT2D eigenvalue weighted by molar-refractivity contribution is -0.119. The molecule has 6 heteroatoms. The van der Waals surface area contributed by atoms with Crippen LogP contribution in [-0.2, 0) is 4.79 Å². The Balaban J connectivity index is 1.80. The van der Waals surface area contributed by atoms with Gasteiger partial charge in [0.05, 0.1) is 12.8 Å². The third-order valence-electron chi connectivity index (χ3n) is 2.55. The van der Waals surface area contributed by atoms with Gasteiger partial charge in [0, 0.05) is 15.6 Å². The summed E-state index contributed by atoms with van der Waals surface area (Å²) in [7, 11) is 0. The lowest BCUT2D eigenvalue weighted by Gasteiger charge is -2.08. The van der Waals surface area contributed by atoms with E-state index in [9.17, 15) is 4.79 Å². The molecule has 0 aliphatic carbocycles. The van der Waals surface area contributed by atoms with Gasteiger partial charge in [-0.05, 0) is 42.1 Å². The molecule has 2 N–H and O–H groups in total. The van der Waals surface area contributed by atoms with E-state index in [0.717, 1.165) is 16.1 Å². The van der Waals surface area contributed by atoms with Gasteiger partial charge in [-0.2, -0.15) is 5.10 Å². The van der Waals surface area contributed by atoms with Crippen LogP contribution in [0, 0.1) is 6.92 Å². The van der Waals surface area contributed by atoms with E-state index in [0.29, 0.717) is 5.02 Å². The summed E-state index contributed by atoms with van der Waals surface area (Å²) in [6.07, 6.45) is 1.62. The summed E-state index contributed by atoms with van der Waals surface area (Å²) < 4.78 is 0. The van der Waals surface area contributed by atoms with Crippen LogP contribution in [0.25, 0.3) is 0 Å². The van der Waals surface area contributed by atoms with E-state index >= 15 is 0 Å². The molecule has 1 heterocycles. The van der Waals surface area contributed by atoms with E-state index < -0.39 is 0 Å². The molecule has 2 rings (SSSR count). The second-order valence-electron chi connectivity index (χ2n) is 4.12. The van der Waals surface area contributed by atoms with E-state index in [-0.39, 0.29) is 12.5 Å². The average Bonchev–Trinajstić information content (AvgIpc) is 2.91. The number of anilines is 1. The molecule has 0 saturated heterocycles. The van der Waals surface area contributed by atoms with E-state index in [1.807, 2.05) is 36.6 Å². The van der Waals surface area contributed by atoms with E-state index in [1.54, 1.807) is 23.6 Å². The Hall–Kier alpha value is -1.85. The normalized spacial score (nSPS) is 10.7. The molecule has 0 saturated carbocycles. The quantitative estimate of drug-likeness (QED) is 0.658. The van der Waals surface area contributed by atoms with Crippen molar-refractivity contribution in [1.82, 2.24) is 5.43 Å². The van der Waals surface area contributed by atoms with Crippen LogP contribution in [0.3, 0.4) is 0 Å². The molecule has 0 aliphatic rings. The maximum atomic E-state index is 11.6. The molecular formula is C14H14ClN3OS. The number of nitrogens with zero attached hydrogens (tertiary/aromatic N) is 1. The fourth-order valence-corrected chi connectivity index (χ4v) is 2.38. The standard InChI is InChI=1S/C14H14ClN3OS/c1-10-7-11(15)4-5-13(10)16-9-14(19)18-17-8-12-3-2-6-20-12/h2-8,16H,9H2,1H3,(H,18,19)/b17-8-. The highest BCUT2D eigenvalue weighted by molar-refractivity contribution is 7.11. The van der Waals surface area contributed by atoms with Gasteiger partial charge in [0.1, 0.15) is 0 Å². The maximum absolute atomic E-state index is 11.6. The molecule has 104 valence electrons. The van der Waals surface area contributed by atoms with E-state index in [2.05, 4.69) is 15.8 Å². The topological polar surface area (TPSA) is 53.5 Å². The lowest BCUT2D eigenvalue weighted by Crippen LogP contribution is -2.26. The van der Waals surface area contributed by atoms with Gasteiger partial charge in [-0.25, -0.2) is 5.43 Å². The molecule has 0 bridgehead atoms. The van der Waals surface area contributed by atoms with Crippen molar-refractivity contribution in [2.24, 2.45) is 5.10 Å². The number of aryl methyl sites for hydroxylation is 1. The SMILES string of the molecule is Cc1cc(Cl)ccc1NCC(=O)N/N=C\c1cccs1. The molecule has 1 aromatic carbocycles. The van der Waals surface area contributed by atoms with Gasteiger partial charge >= 0.3 is 0 Å². The number of hydrogen-bond acceptors (Lipinski definition) is 4. The van der Waals surface area contributed by atoms with E-state index in [1.165, 1.54) is 0 Å². The van der Waals surface area contributed by atoms with Crippen molar-refractivity contribution < 1.29 is 4.79 Å². The summed E-state index contributed by atoms with van der Waals surface area (Å²) in [5, 5.41) is 9.56. The number of benzene rings is 1. The third-order valence-corrected chi connectivity index (χ3v) is 3.59. The van der Waals surface area contributed by atoms with Gasteiger partial charge in [0.2, 0.25) is 0 Å². The van der Waals surface area contributed by atoms with Crippen molar-refractivity contribution >= 4 is 40.7 Å². The number of hydrazone groups is 1. The van der Waals surface area contributed by atoms with E-state index in [4.69, 9.17) is 11.6 Å². The monoisotopic (exact) mass is 307 g/mol. The number of carbonyl (C=O) groups excluding carboxylic acids is 1. The molecule has 0 fully saturated rings. The first kappa shape index (κ1) is 14.6. The number of halogens is 1. The fourth-order valence-electron chi connectivity index (χ4n) is 1.57. The molecule has 1 aromatic heterocycles. The molecule has 0 aliphatic heterocycles. The highest BCUT2D eigenvalue weighted by Gasteiger charge is 2.02. The first-order valence-electron chi connectivity index (χ1n) is 6.00. The van der Waals surface area contributed by atoms with Gasteiger partial charge in [0.15, 0.2) is 0 Å². The summed E-state index contributed by atoms with van der Waals surface area (Å²) in [5.74, 6) is -0.202. The van der Waals surface area contributed by atoms with Crippen molar-refractivity contribution in [3.05, 3.63) is 51.2 Å². The summed E-state index contributed by atoms with van der Waals surface area (Å²) >= 11 is 7.43. The number of hydrogen-bond donors (Lipinski definition) is 2. The summed E-state index contributed by atoms with van der Waals surface area (Å²) in [6, 6.07) is 9.33. The Kier molecular flexibility index (Phi) is 5.15. The van der Waals surface area contributed by atoms with Crippen LogP contribution in [0.4, 0.5) is 5.69 Å². The number of amides is 1. The summed E-state index contributed by atoms with van der Waals surface area (Å²) in [4.78, 5) is 12.6. The maximum Gasteiger partial charge on any atom is 0.259 e. The van der Waals surface area contributed by atoms with Crippen LogP contribution >= 0.6 is 22.9 Å². The molecule has 0 unspecified atom stereocenters. The first-order valence-corrected chi connectivity index (χ1v) is 7.26. The molecule has 2 aromatic rings. The Labute approximate surface area is 126 Å². The minimum Gasteiger partial charge on any atom is -0.376 e.